The topological polar surface area (TPSA) is 76.9 Å². The Bertz CT molecular complexity index is 610. The molecule has 92 valence electrons. The summed E-state index contributed by atoms with van der Waals surface area (Å²) in [6.07, 6.45) is 0. The molecule has 1 heterocycles. The highest BCUT2D eigenvalue weighted by molar-refractivity contribution is 5.44. The van der Waals surface area contributed by atoms with E-state index in [1.54, 1.807) is 18.7 Å². The zero-order chi connectivity index (χ0) is 13.1. The summed E-state index contributed by atoms with van der Waals surface area (Å²) in [4.78, 5) is 0. The van der Waals surface area contributed by atoms with Crippen LogP contribution in [0.15, 0.2) is 24.3 Å². The molecule has 0 fully saturated rings. The molecule has 0 atom stereocenters. The van der Waals surface area contributed by atoms with Crippen LogP contribution in [-0.2, 0) is 13.6 Å². The lowest BCUT2D eigenvalue weighted by atomic mass is 10.2. The van der Waals surface area contributed by atoms with E-state index in [4.69, 9.17) is 15.7 Å². The first kappa shape index (κ1) is 12.1. The molecule has 0 radical (unpaired) electrons. The van der Waals surface area contributed by atoms with Crippen LogP contribution < -0.4 is 10.5 Å². The summed E-state index contributed by atoms with van der Waals surface area (Å²) in [5.41, 5.74) is 7.67. The van der Waals surface area contributed by atoms with Crippen molar-refractivity contribution in [2.24, 2.45) is 12.8 Å². The van der Waals surface area contributed by atoms with Crippen molar-refractivity contribution in [2.75, 3.05) is 0 Å². The molecule has 0 unspecified atom stereocenters. The highest BCUT2D eigenvalue weighted by atomic mass is 16.5. The number of rotatable bonds is 3. The van der Waals surface area contributed by atoms with Gasteiger partial charge in [0.15, 0.2) is 0 Å². The van der Waals surface area contributed by atoms with Crippen LogP contribution in [0.25, 0.3) is 0 Å². The first-order valence-corrected chi connectivity index (χ1v) is 5.56. The normalized spacial score (nSPS) is 10.1. The van der Waals surface area contributed by atoms with Gasteiger partial charge in [-0.3, -0.25) is 0 Å². The lowest BCUT2D eigenvalue weighted by molar-refractivity contribution is 0.429. The Morgan fingerprint density at radius 3 is 2.94 bits per heavy atom. The van der Waals surface area contributed by atoms with Gasteiger partial charge in [-0.1, -0.05) is 12.1 Å². The van der Waals surface area contributed by atoms with Crippen LogP contribution in [0.1, 0.15) is 16.8 Å². The minimum atomic E-state index is 0.448. The molecule has 0 saturated carbocycles. The molecule has 2 N–H and O–H groups in total. The van der Waals surface area contributed by atoms with E-state index in [0.717, 1.165) is 5.56 Å². The number of hydrogen-bond acceptors (Lipinski definition) is 4. The van der Waals surface area contributed by atoms with Gasteiger partial charge in [-0.15, -0.1) is 0 Å². The fourth-order valence-electron chi connectivity index (χ4n) is 1.73. The molecule has 0 aliphatic carbocycles. The van der Waals surface area contributed by atoms with Crippen molar-refractivity contribution < 1.29 is 4.74 Å². The van der Waals surface area contributed by atoms with Gasteiger partial charge in [-0.25, -0.2) is 4.68 Å². The van der Waals surface area contributed by atoms with E-state index in [1.165, 1.54) is 0 Å². The second-order valence-electron chi connectivity index (χ2n) is 3.95. The Balaban J connectivity index is 2.37. The van der Waals surface area contributed by atoms with Gasteiger partial charge < -0.3 is 10.5 Å². The maximum absolute atomic E-state index is 9.09. The van der Waals surface area contributed by atoms with Crippen LogP contribution in [0, 0.1) is 18.3 Å². The molecule has 0 aliphatic rings. The fraction of sp³-hybridized carbons (Fsp3) is 0.231. The summed E-state index contributed by atoms with van der Waals surface area (Å²) in [6.45, 7) is 2.23. The second-order valence-corrected chi connectivity index (χ2v) is 3.95. The summed E-state index contributed by atoms with van der Waals surface area (Å²) < 4.78 is 7.28. The number of nitriles is 1. The van der Waals surface area contributed by atoms with Gasteiger partial charge in [0.05, 0.1) is 5.69 Å². The molecule has 0 aliphatic heterocycles. The van der Waals surface area contributed by atoms with Crippen LogP contribution in [0.5, 0.6) is 11.6 Å². The minimum absolute atomic E-state index is 0.448. The quantitative estimate of drug-likeness (QED) is 0.891. The number of nitrogens with zero attached hydrogens (tertiary/aromatic N) is 3. The third kappa shape index (κ3) is 2.19. The summed E-state index contributed by atoms with van der Waals surface area (Å²) in [5, 5.41) is 13.3. The monoisotopic (exact) mass is 242 g/mol. The summed E-state index contributed by atoms with van der Waals surface area (Å²) in [6, 6.07) is 9.56. The molecule has 5 heteroatoms. The zero-order valence-corrected chi connectivity index (χ0v) is 10.3. The van der Waals surface area contributed by atoms with E-state index < -0.39 is 0 Å². The SMILES string of the molecule is Cc1nn(C)c(Oc2cccc(CN)c2)c1C#N. The third-order valence-corrected chi connectivity index (χ3v) is 2.63. The number of aryl methyl sites for hydroxylation is 2. The Morgan fingerprint density at radius 1 is 1.50 bits per heavy atom. The standard InChI is InChI=1S/C13H14N4O/c1-9-12(8-15)13(17(2)16-9)18-11-5-3-4-10(6-11)7-14/h3-6H,7,14H2,1-2H3. The minimum Gasteiger partial charge on any atom is -0.438 e. The molecular weight excluding hydrogens is 228 g/mol. The van der Waals surface area contributed by atoms with E-state index >= 15 is 0 Å². The molecule has 0 bridgehead atoms. The zero-order valence-electron chi connectivity index (χ0n) is 10.3. The van der Waals surface area contributed by atoms with Crippen LogP contribution >= 0.6 is 0 Å². The molecule has 2 aromatic rings. The van der Waals surface area contributed by atoms with Crippen molar-refractivity contribution in [3.05, 3.63) is 41.1 Å². The first-order valence-electron chi connectivity index (χ1n) is 5.56. The fourth-order valence-corrected chi connectivity index (χ4v) is 1.73. The predicted octanol–water partition coefficient (Wildman–Crippen LogP) is 1.85. The number of nitrogens with two attached hydrogens (primary N) is 1. The van der Waals surface area contributed by atoms with Gasteiger partial charge >= 0.3 is 0 Å². The van der Waals surface area contributed by atoms with Crippen molar-refractivity contribution in [1.82, 2.24) is 9.78 Å². The van der Waals surface area contributed by atoms with E-state index in [-0.39, 0.29) is 0 Å². The molecule has 18 heavy (non-hydrogen) atoms. The predicted molar refractivity (Wildman–Crippen MR) is 67.1 cm³/mol. The van der Waals surface area contributed by atoms with Crippen LogP contribution in [0.4, 0.5) is 0 Å². The largest absolute Gasteiger partial charge is 0.438 e. The van der Waals surface area contributed by atoms with E-state index in [1.807, 2.05) is 24.3 Å². The van der Waals surface area contributed by atoms with E-state index in [0.29, 0.717) is 29.4 Å². The van der Waals surface area contributed by atoms with E-state index in [9.17, 15) is 0 Å². The van der Waals surface area contributed by atoms with Crippen molar-refractivity contribution in [1.29, 1.82) is 5.26 Å². The van der Waals surface area contributed by atoms with E-state index in [2.05, 4.69) is 11.2 Å². The lowest BCUT2D eigenvalue weighted by Crippen LogP contribution is -1.98. The van der Waals surface area contributed by atoms with Gasteiger partial charge in [0.25, 0.3) is 0 Å². The summed E-state index contributed by atoms with van der Waals surface area (Å²) in [5.74, 6) is 1.10. The number of hydrogen-bond donors (Lipinski definition) is 1. The molecule has 0 spiro atoms. The van der Waals surface area contributed by atoms with Crippen molar-refractivity contribution in [3.63, 3.8) is 0 Å². The first-order chi connectivity index (χ1) is 8.65. The average molecular weight is 242 g/mol. The lowest BCUT2D eigenvalue weighted by Gasteiger charge is -2.07. The number of aromatic nitrogens is 2. The molecule has 5 nitrogen and oxygen atoms in total. The highest BCUT2D eigenvalue weighted by Crippen LogP contribution is 2.26. The summed E-state index contributed by atoms with van der Waals surface area (Å²) >= 11 is 0. The van der Waals surface area contributed by atoms with Crippen molar-refractivity contribution in [2.45, 2.75) is 13.5 Å². The van der Waals surface area contributed by atoms with Gasteiger partial charge in [-0.05, 0) is 24.6 Å². The van der Waals surface area contributed by atoms with Crippen LogP contribution in [0.3, 0.4) is 0 Å². The Labute approximate surface area is 105 Å². The molecule has 0 saturated heterocycles. The van der Waals surface area contributed by atoms with Crippen LogP contribution in [0.2, 0.25) is 0 Å². The molecular formula is C13H14N4O. The van der Waals surface area contributed by atoms with Gasteiger partial charge in [-0.2, -0.15) is 10.4 Å². The van der Waals surface area contributed by atoms with Gasteiger partial charge in [0, 0.05) is 13.6 Å². The smallest absolute Gasteiger partial charge is 0.235 e. The Hall–Kier alpha value is -2.32. The summed E-state index contributed by atoms with van der Waals surface area (Å²) in [7, 11) is 1.75. The second kappa shape index (κ2) is 4.90. The number of benzene rings is 1. The molecule has 1 aromatic carbocycles. The Morgan fingerprint density at radius 2 is 2.28 bits per heavy atom. The average Bonchev–Trinajstić information content (AvgIpc) is 2.64. The Kier molecular flexibility index (Phi) is 3.31. The maximum atomic E-state index is 9.09. The molecule has 1 aromatic heterocycles. The van der Waals surface area contributed by atoms with Crippen LogP contribution in [-0.4, -0.2) is 9.78 Å². The van der Waals surface area contributed by atoms with Gasteiger partial charge in [0.1, 0.15) is 17.4 Å². The molecule has 2 rings (SSSR count). The number of ether oxygens (including phenoxy) is 1. The van der Waals surface area contributed by atoms with Gasteiger partial charge in [0.2, 0.25) is 5.88 Å². The van der Waals surface area contributed by atoms with Crippen molar-refractivity contribution >= 4 is 0 Å². The highest BCUT2D eigenvalue weighted by Gasteiger charge is 2.15. The maximum Gasteiger partial charge on any atom is 0.235 e. The van der Waals surface area contributed by atoms with Crippen molar-refractivity contribution in [3.8, 4) is 17.7 Å². The molecule has 0 amide bonds. The third-order valence-electron chi connectivity index (χ3n) is 2.63.